The Balaban J connectivity index is 1.85. The Morgan fingerprint density at radius 2 is 1.82 bits per heavy atom. The predicted octanol–water partition coefficient (Wildman–Crippen LogP) is 1.91. The molecule has 0 saturated heterocycles. The van der Waals surface area contributed by atoms with Gasteiger partial charge in [0.2, 0.25) is 0 Å². The molecule has 0 aromatic carbocycles. The van der Waals surface area contributed by atoms with Gasteiger partial charge >= 0.3 is 0 Å². The number of ether oxygens (including phenoxy) is 1. The van der Waals surface area contributed by atoms with Gasteiger partial charge in [-0.15, -0.1) is 0 Å². The van der Waals surface area contributed by atoms with E-state index in [1.807, 2.05) is 0 Å². The first-order valence-electron chi connectivity index (χ1n) is 6.87. The lowest BCUT2D eigenvalue weighted by atomic mass is 9.54. The van der Waals surface area contributed by atoms with Crippen LogP contribution in [0.5, 0.6) is 0 Å². The van der Waals surface area contributed by atoms with E-state index in [0.717, 1.165) is 19.6 Å². The molecule has 3 unspecified atom stereocenters. The molecule has 0 aliphatic heterocycles. The van der Waals surface area contributed by atoms with Crippen molar-refractivity contribution >= 4 is 0 Å². The lowest BCUT2D eigenvalue weighted by Gasteiger charge is -2.59. The Bertz CT molecular complexity index is 301. The van der Waals surface area contributed by atoms with Crippen LogP contribution < -0.4 is 11.1 Å². The Morgan fingerprint density at radius 1 is 1.24 bits per heavy atom. The zero-order valence-electron chi connectivity index (χ0n) is 12.0. The van der Waals surface area contributed by atoms with E-state index in [0.29, 0.717) is 17.6 Å². The standard InChI is InChI=1S/C14H28N2O/c1-6-17-11-8-14(15,13(11,4)5)9-16-10-7-12(10,2)3/h10-11,16H,6-9,15H2,1-5H3. The second-order valence-corrected chi connectivity index (χ2v) is 7.15. The predicted molar refractivity (Wildman–Crippen MR) is 70.9 cm³/mol. The van der Waals surface area contributed by atoms with Crippen molar-refractivity contribution in [1.29, 1.82) is 0 Å². The van der Waals surface area contributed by atoms with Crippen LogP contribution in [0.15, 0.2) is 0 Å². The molecule has 0 aromatic heterocycles. The van der Waals surface area contributed by atoms with Gasteiger partial charge in [0.05, 0.1) is 6.10 Å². The molecule has 2 fully saturated rings. The SMILES string of the molecule is CCOC1CC(N)(CNC2CC2(C)C)C1(C)C. The van der Waals surface area contributed by atoms with E-state index >= 15 is 0 Å². The molecule has 0 radical (unpaired) electrons. The van der Waals surface area contributed by atoms with Crippen LogP contribution in [-0.4, -0.2) is 30.8 Å². The van der Waals surface area contributed by atoms with Gasteiger partial charge in [0.25, 0.3) is 0 Å². The third-order valence-electron chi connectivity index (χ3n) is 5.18. The average Bonchev–Trinajstić information content (AvgIpc) is 2.83. The Hall–Kier alpha value is -0.120. The number of rotatable bonds is 5. The van der Waals surface area contributed by atoms with Crippen molar-refractivity contribution in [2.75, 3.05) is 13.2 Å². The summed E-state index contributed by atoms with van der Waals surface area (Å²) in [4.78, 5) is 0. The summed E-state index contributed by atoms with van der Waals surface area (Å²) in [7, 11) is 0. The van der Waals surface area contributed by atoms with Gasteiger partial charge in [-0.2, -0.15) is 0 Å². The van der Waals surface area contributed by atoms with Crippen LogP contribution >= 0.6 is 0 Å². The van der Waals surface area contributed by atoms with Crippen molar-refractivity contribution < 1.29 is 4.74 Å². The minimum atomic E-state index is -0.106. The molecule has 0 heterocycles. The molecule has 0 spiro atoms. The normalized spacial score (nSPS) is 42.0. The molecule has 3 heteroatoms. The second kappa shape index (κ2) is 3.94. The summed E-state index contributed by atoms with van der Waals surface area (Å²) in [5.74, 6) is 0. The maximum atomic E-state index is 6.52. The van der Waals surface area contributed by atoms with Crippen molar-refractivity contribution in [3.8, 4) is 0 Å². The van der Waals surface area contributed by atoms with Gasteiger partial charge < -0.3 is 15.8 Å². The average molecular weight is 240 g/mol. The molecule has 2 rings (SSSR count). The molecule has 2 saturated carbocycles. The van der Waals surface area contributed by atoms with E-state index in [1.54, 1.807) is 0 Å². The van der Waals surface area contributed by atoms with E-state index in [9.17, 15) is 0 Å². The smallest absolute Gasteiger partial charge is 0.0662 e. The van der Waals surface area contributed by atoms with Crippen molar-refractivity contribution in [1.82, 2.24) is 5.32 Å². The minimum absolute atomic E-state index is 0.0784. The van der Waals surface area contributed by atoms with Crippen LogP contribution in [-0.2, 0) is 4.74 Å². The largest absolute Gasteiger partial charge is 0.378 e. The van der Waals surface area contributed by atoms with Crippen LogP contribution in [0.2, 0.25) is 0 Å². The highest BCUT2D eigenvalue weighted by Gasteiger charge is 2.59. The monoisotopic (exact) mass is 240 g/mol. The molecule has 0 amide bonds. The van der Waals surface area contributed by atoms with E-state index in [4.69, 9.17) is 10.5 Å². The molecule has 17 heavy (non-hydrogen) atoms. The molecule has 3 nitrogen and oxygen atoms in total. The third kappa shape index (κ3) is 2.13. The molecule has 100 valence electrons. The maximum absolute atomic E-state index is 6.52. The Labute approximate surface area is 105 Å². The lowest BCUT2D eigenvalue weighted by Crippen LogP contribution is -2.73. The topological polar surface area (TPSA) is 47.3 Å². The fourth-order valence-electron chi connectivity index (χ4n) is 2.93. The van der Waals surface area contributed by atoms with Crippen LogP contribution in [0.25, 0.3) is 0 Å². The first-order valence-corrected chi connectivity index (χ1v) is 6.87. The first kappa shape index (κ1) is 13.3. The van der Waals surface area contributed by atoms with Gasteiger partial charge in [-0.1, -0.05) is 27.7 Å². The summed E-state index contributed by atoms with van der Waals surface area (Å²) in [6.07, 6.45) is 2.58. The number of nitrogens with two attached hydrogens (primary N) is 1. The molecule has 2 aliphatic carbocycles. The maximum Gasteiger partial charge on any atom is 0.0662 e. The number of hydrogen-bond donors (Lipinski definition) is 2. The van der Waals surface area contributed by atoms with Crippen molar-refractivity contribution in [3.05, 3.63) is 0 Å². The van der Waals surface area contributed by atoms with E-state index in [2.05, 4.69) is 39.9 Å². The van der Waals surface area contributed by atoms with Gasteiger partial charge in [-0.25, -0.2) is 0 Å². The highest BCUT2D eigenvalue weighted by Crippen LogP contribution is 2.50. The summed E-state index contributed by atoms with van der Waals surface area (Å²) in [5, 5.41) is 3.63. The highest BCUT2D eigenvalue weighted by molar-refractivity contribution is 5.16. The van der Waals surface area contributed by atoms with Crippen LogP contribution in [0.3, 0.4) is 0 Å². The van der Waals surface area contributed by atoms with Gasteiger partial charge in [-0.05, 0) is 25.2 Å². The van der Waals surface area contributed by atoms with Gasteiger partial charge in [-0.3, -0.25) is 0 Å². The zero-order valence-corrected chi connectivity index (χ0v) is 12.0. The highest BCUT2D eigenvalue weighted by atomic mass is 16.5. The van der Waals surface area contributed by atoms with E-state index < -0.39 is 0 Å². The molecule has 3 atom stereocenters. The summed E-state index contributed by atoms with van der Waals surface area (Å²) in [6.45, 7) is 12.8. The minimum Gasteiger partial charge on any atom is -0.378 e. The third-order valence-corrected chi connectivity index (χ3v) is 5.18. The summed E-state index contributed by atoms with van der Waals surface area (Å²) < 4.78 is 5.74. The van der Waals surface area contributed by atoms with E-state index in [-0.39, 0.29) is 11.0 Å². The second-order valence-electron chi connectivity index (χ2n) is 7.15. The fourth-order valence-corrected chi connectivity index (χ4v) is 2.93. The zero-order chi connectivity index (χ0) is 12.9. The first-order chi connectivity index (χ1) is 7.73. The van der Waals surface area contributed by atoms with Gasteiger partial charge in [0, 0.05) is 30.1 Å². The summed E-state index contributed by atoms with van der Waals surface area (Å²) in [6, 6.07) is 0.657. The van der Waals surface area contributed by atoms with Crippen molar-refractivity contribution in [2.24, 2.45) is 16.6 Å². The van der Waals surface area contributed by atoms with Crippen LogP contribution in [0, 0.1) is 10.8 Å². The lowest BCUT2D eigenvalue weighted by molar-refractivity contribution is -0.148. The molecule has 2 aliphatic rings. The van der Waals surface area contributed by atoms with Gasteiger partial charge in [0.15, 0.2) is 0 Å². The van der Waals surface area contributed by atoms with Crippen LogP contribution in [0.4, 0.5) is 0 Å². The molecular weight excluding hydrogens is 212 g/mol. The molecule has 3 N–H and O–H groups in total. The van der Waals surface area contributed by atoms with Crippen LogP contribution in [0.1, 0.15) is 47.5 Å². The Morgan fingerprint density at radius 3 is 2.24 bits per heavy atom. The fraction of sp³-hybridized carbons (Fsp3) is 1.00. The summed E-state index contributed by atoms with van der Waals surface area (Å²) in [5.41, 5.74) is 6.97. The summed E-state index contributed by atoms with van der Waals surface area (Å²) >= 11 is 0. The Kier molecular flexibility index (Phi) is 3.08. The number of hydrogen-bond acceptors (Lipinski definition) is 3. The molecular formula is C14H28N2O. The quantitative estimate of drug-likeness (QED) is 0.771. The van der Waals surface area contributed by atoms with Gasteiger partial charge in [0.1, 0.15) is 0 Å². The van der Waals surface area contributed by atoms with E-state index in [1.165, 1.54) is 6.42 Å². The molecule has 0 aromatic rings. The van der Waals surface area contributed by atoms with Crippen molar-refractivity contribution in [2.45, 2.75) is 65.1 Å². The number of nitrogens with one attached hydrogen (secondary N) is 1. The van der Waals surface area contributed by atoms with Crippen molar-refractivity contribution in [3.63, 3.8) is 0 Å². The molecule has 0 bridgehead atoms.